The third kappa shape index (κ3) is 55.9. The van der Waals surface area contributed by atoms with Gasteiger partial charge in [-0.3, -0.25) is 14.4 Å². The van der Waals surface area contributed by atoms with E-state index in [4.69, 9.17) is 14.2 Å². The number of hydrogen-bond acceptors (Lipinski definition) is 6. The van der Waals surface area contributed by atoms with Crippen LogP contribution in [0.2, 0.25) is 0 Å². The SMILES string of the molecule is CC/C=C\C/C=C\C/C=C\C/C=C\C/C=C\CCCC(=O)OC(COC(=O)CCCCCCCCCCCCCCCCCC)COC(=O)CCCCCCCCCCCCCCCCCCCC. The summed E-state index contributed by atoms with van der Waals surface area (Å²) in [7, 11) is 0. The van der Waals surface area contributed by atoms with E-state index in [0.717, 1.165) is 77.0 Å². The van der Waals surface area contributed by atoms with Crippen molar-refractivity contribution in [2.75, 3.05) is 13.2 Å². The van der Waals surface area contributed by atoms with Crippen LogP contribution in [0.3, 0.4) is 0 Å². The molecule has 6 nitrogen and oxygen atoms in total. The molecule has 0 aromatic heterocycles. The quantitative estimate of drug-likeness (QED) is 0.0262. The van der Waals surface area contributed by atoms with Gasteiger partial charge >= 0.3 is 17.9 Å². The summed E-state index contributed by atoms with van der Waals surface area (Å²) in [5, 5.41) is 0. The van der Waals surface area contributed by atoms with Gasteiger partial charge in [-0.2, -0.15) is 0 Å². The zero-order valence-electron chi connectivity index (χ0n) is 45.8. The highest BCUT2D eigenvalue weighted by Gasteiger charge is 2.19. The van der Waals surface area contributed by atoms with E-state index >= 15 is 0 Å². The monoisotopic (exact) mass is 965 g/mol. The molecule has 0 radical (unpaired) electrons. The number of rotatable bonds is 54. The molecule has 0 rings (SSSR count). The van der Waals surface area contributed by atoms with Crippen molar-refractivity contribution in [1.82, 2.24) is 0 Å². The maximum atomic E-state index is 12.8. The van der Waals surface area contributed by atoms with Crippen LogP contribution in [0.25, 0.3) is 0 Å². The maximum Gasteiger partial charge on any atom is 0.306 e. The fourth-order valence-corrected chi connectivity index (χ4v) is 8.60. The van der Waals surface area contributed by atoms with Crippen molar-refractivity contribution in [1.29, 1.82) is 0 Å². The van der Waals surface area contributed by atoms with E-state index in [1.165, 1.54) is 180 Å². The summed E-state index contributed by atoms with van der Waals surface area (Å²) in [5.74, 6) is -0.934. The normalized spacial score (nSPS) is 12.4. The second kappa shape index (κ2) is 57.7. The molecule has 0 N–H and O–H groups in total. The summed E-state index contributed by atoms with van der Waals surface area (Å²) < 4.78 is 16.8. The number of carbonyl (C=O) groups is 3. The molecule has 0 fully saturated rings. The number of ether oxygens (including phenoxy) is 3. The van der Waals surface area contributed by atoms with Crippen molar-refractivity contribution in [2.45, 2.75) is 309 Å². The molecule has 0 amide bonds. The van der Waals surface area contributed by atoms with Gasteiger partial charge in [-0.25, -0.2) is 0 Å². The minimum atomic E-state index is -0.801. The number of esters is 3. The van der Waals surface area contributed by atoms with E-state index < -0.39 is 6.10 Å². The standard InChI is InChI=1S/C63H112O6/c1-4-7-10-13-16-19-22-25-28-31-33-35-38-41-44-47-50-53-56-62(65)68-59-60(58-67-61(64)55-52-49-46-43-40-37-34-30-27-24-21-18-15-12-9-6-3)69-63(66)57-54-51-48-45-42-39-36-32-29-26-23-20-17-14-11-8-5-2/h8,11,17,20,26,29,36,39,45,48,60H,4-7,9-10,12-16,18-19,21-25,27-28,30-35,37-38,40-44,46-47,49-59H2,1-3H3/b11-8-,20-17-,29-26-,39-36-,48-45-. The molecule has 0 heterocycles. The maximum absolute atomic E-state index is 12.8. The molecule has 69 heavy (non-hydrogen) atoms. The lowest BCUT2D eigenvalue weighted by Crippen LogP contribution is -2.30. The van der Waals surface area contributed by atoms with Gasteiger partial charge in [0.15, 0.2) is 6.10 Å². The highest BCUT2D eigenvalue weighted by atomic mass is 16.6. The minimum absolute atomic E-state index is 0.0925. The first-order chi connectivity index (χ1) is 34.0. The fraction of sp³-hybridized carbons (Fsp3) is 0.794. The van der Waals surface area contributed by atoms with Crippen LogP contribution in [0.1, 0.15) is 303 Å². The number of carbonyl (C=O) groups excluding carboxylic acids is 3. The molecule has 1 atom stereocenters. The lowest BCUT2D eigenvalue weighted by Gasteiger charge is -2.18. The van der Waals surface area contributed by atoms with Gasteiger partial charge < -0.3 is 14.2 Å². The predicted octanol–water partition coefficient (Wildman–Crippen LogP) is 20.0. The van der Waals surface area contributed by atoms with Gasteiger partial charge in [0, 0.05) is 19.3 Å². The summed E-state index contributed by atoms with van der Waals surface area (Å²) in [6.45, 7) is 6.52. The molecule has 1 unspecified atom stereocenters. The third-order valence-electron chi connectivity index (χ3n) is 13.0. The highest BCUT2D eigenvalue weighted by Crippen LogP contribution is 2.17. The Balaban J connectivity index is 4.42. The Kier molecular flexibility index (Phi) is 55.3. The van der Waals surface area contributed by atoms with E-state index in [2.05, 4.69) is 81.5 Å². The molecule has 0 aliphatic carbocycles. The number of allylic oxidation sites excluding steroid dienone is 10. The Hall–Kier alpha value is -2.89. The Morgan fingerprint density at radius 3 is 0.870 bits per heavy atom. The van der Waals surface area contributed by atoms with Gasteiger partial charge in [-0.1, -0.05) is 287 Å². The molecule has 0 spiro atoms. The molecular formula is C63H112O6. The van der Waals surface area contributed by atoms with Crippen LogP contribution in [0.15, 0.2) is 60.8 Å². The molecule has 0 aromatic rings. The van der Waals surface area contributed by atoms with Gasteiger partial charge in [0.2, 0.25) is 0 Å². The average molecular weight is 966 g/mol. The fourth-order valence-electron chi connectivity index (χ4n) is 8.60. The zero-order valence-corrected chi connectivity index (χ0v) is 45.8. The highest BCUT2D eigenvalue weighted by molar-refractivity contribution is 5.71. The van der Waals surface area contributed by atoms with E-state index in [0.29, 0.717) is 19.3 Å². The van der Waals surface area contributed by atoms with Crippen LogP contribution in [-0.4, -0.2) is 37.2 Å². The van der Waals surface area contributed by atoms with Crippen LogP contribution in [-0.2, 0) is 28.6 Å². The van der Waals surface area contributed by atoms with Gasteiger partial charge in [0.1, 0.15) is 13.2 Å². The first-order valence-corrected chi connectivity index (χ1v) is 29.8. The van der Waals surface area contributed by atoms with Gasteiger partial charge in [0.05, 0.1) is 0 Å². The van der Waals surface area contributed by atoms with Crippen LogP contribution in [0.5, 0.6) is 0 Å². The number of unbranched alkanes of at least 4 members (excludes halogenated alkanes) is 33. The summed E-state index contributed by atoms with van der Waals surface area (Å²) in [4.78, 5) is 38.2. The van der Waals surface area contributed by atoms with Crippen molar-refractivity contribution in [3.05, 3.63) is 60.8 Å². The zero-order chi connectivity index (χ0) is 50.0. The van der Waals surface area contributed by atoms with Gasteiger partial charge in [0.25, 0.3) is 0 Å². The van der Waals surface area contributed by atoms with Gasteiger partial charge in [-0.15, -0.1) is 0 Å². The summed E-state index contributed by atoms with van der Waals surface area (Å²) >= 11 is 0. The molecule has 0 saturated heterocycles. The van der Waals surface area contributed by atoms with Crippen LogP contribution in [0.4, 0.5) is 0 Å². The first kappa shape index (κ1) is 66.1. The molecule has 0 aliphatic heterocycles. The molecular weight excluding hydrogens is 853 g/mol. The van der Waals surface area contributed by atoms with Crippen LogP contribution >= 0.6 is 0 Å². The topological polar surface area (TPSA) is 78.9 Å². The van der Waals surface area contributed by atoms with Crippen molar-refractivity contribution < 1.29 is 28.6 Å². The predicted molar refractivity (Wildman–Crippen MR) is 298 cm³/mol. The van der Waals surface area contributed by atoms with E-state index in [-0.39, 0.29) is 37.5 Å². The lowest BCUT2D eigenvalue weighted by atomic mass is 10.0. The van der Waals surface area contributed by atoms with Crippen LogP contribution in [0, 0.1) is 0 Å². The summed E-state index contributed by atoms with van der Waals surface area (Å²) in [6, 6.07) is 0. The molecule has 0 saturated carbocycles. The van der Waals surface area contributed by atoms with Gasteiger partial charge in [-0.05, 0) is 57.8 Å². The van der Waals surface area contributed by atoms with Crippen molar-refractivity contribution in [2.24, 2.45) is 0 Å². The largest absolute Gasteiger partial charge is 0.462 e. The molecule has 0 aliphatic rings. The molecule has 400 valence electrons. The molecule has 0 bridgehead atoms. The lowest BCUT2D eigenvalue weighted by molar-refractivity contribution is -0.167. The van der Waals surface area contributed by atoms with E-state index in [9.17, 15) is 14.4 Å². The second-order valence-corrected chi connectivity index (χ2v) is 19.9. The second-order valence-electron chi connectivity index (χ2n) is 19.9. The first-order valence-electron chi connectivity index (χ1n) is 29.8. The van der Waals surface area contributed by atoms with E-state index in [1.807, 2.05) is 0 Å². The summed E-state index contributed by atoms with van der Waals surface area (Å²) in [6.07, 6.45) is 72.2. The Bertz CT molecular complexity index is 1250. The van der Waals surface area contributed by atoms with Crippen LogP contribution < -0.4 is 0 Å². The smallest absolute Gasteiger partial charge is 0.306 e. The number of hydrogen-bond donors (Lipinski definition) is 0. The summed E-state index contributed by atoms with van der Waals surface area (Å²) in [5.41, 5.74) is 0. The van der Waals surface area contributed by atoms with E-state index in [1.54, 1.807) is 0 Å². The Morgan fingerprint density at radius 1 is 0.304 bits per heavy atom. The Labute approximate surface area is 428 Å². The third-order valence-corrected chi connectivity index (χ3v) is 13.0. The molecule has 6 heteroatoms. The minimum Gasteiger partial charge on any atom is -0.462 e. The van der Waals surface area contributed by atoms with Crippen molar-refractivity contribution >= 4 is 17.9 Å². The van der Waals surface area contributed by atoms with Crippen molar-refractivity contribution in [3.8, 4) is 0 Å². The Morgan fingerprint density at radius 2 is 0.565 bits per heavy atom. The average Bonchev–Trinajstić information content (AvgIpc) is 3.35. The molecule has 0 aromatic carbocycles. The van der Waals surface area contributed by atoms with Crippen molar-refractivity contribution in [3.63, 3.8) is 0 Å².